The number of likely N-dealkylation sites (tertiary alicyclic amines) is 1. The van der Waals surface area contributed by atoms with E-state index in [2.05, 4.69) is 21.3 Å². The third-order valence-corrected chi connectivity index (χ3v) is 4.77. The van der Waals surface area contributed by atoms with Gasteiger partial charge in [-0.15, -0.1) is 0 Å². The van der Waals surface area contributed by atoms with Crippen molar-refractivity contribution in [2.24, 2.45) is 5.73 Å². The van der Waals surface area contributed by atoms with Crippen LogP contribution in [0.5, 0.6) is 11.5 Å². The smallest absolute Gasteiger partial charge is 0.251 e. The number of carbonyl (C=O) groups excluding carboxylic acids is 1. The molecule has 1 atom stereocenters. The molecular formula is C21H28N4O3. The van der Waals surface area contributed by atoms with Crippen LogP contribution in [0.2, 0.25) is 0 Å². The first kappa shape index (κ1) is 20.1. The Bertz CT molecular complexity index is 770. The van der Waals surface area contributed by atoms with Crippen LogP contribution < -0.4 is 20.5 Å². The lowest BCUT2D eigenvalue weighted by Gasteiger charge is -2.33. The zero-order valence-corrected chi connectivity index (χ0v) is 16.3. The van der Waals surface area contributed by atoms with Crippen molar-refractivity contribution in [1.29, 1.82) is 0 Å². The van der Waals surface area contributed by atoms with Gasteiger partial charge < -0.3 is 20.5 Å². The number of methoxy groups -OCH3 is 1. The van der Waals surface area contributed by atoms with Crippen molar-refractivity contribution >= 4 is 5.91 Å². The fourth-order valence-electron chi connectivity index (χ4n) is 3.44. The number of nitrogens with two attached hydrogens (primary N) is 1. The van der Waals surface area contributed by atoms with Gasteiger partial charge in [0, 0.05) is 43.6 Å². The first-order valence-electron chi connectivity index (χ1n) is 9.62. The van der Waals surface area contributed by atoms with Gasteiger partial charge in [0.05, 0.1) is 7.11 Å². The highest BCUT2D eigenvalue weighted by molar-refractivity contribution is 5.95. The molecule has 28 heavy (non-hydrogen) atoms. The van der Waals surface area contributed by atoms with E-state index in [1.54, 1.807) is 31.5 Å². The molecule has 150 valence electrons. The molecule has 1 fully saturated rings. The molecule has 7 nitrogen and oxygen atoms in total. The summed E-state index contributed by atoms with van der Waals surface area (Å²) in [6.07, 6.45) is 5.70. The van der Waals surface area contributed by atoms with Crippen molar-refractivity contribution in [2.45, 2.75) is 25.4 Å². The van der Waals surface area contributed by atoms with Crippen LogP contribution >= 0.6 is 0 Å². The zero-order valence-electron chi connectivity index (χ0n) is 16.3. The number of ether oxygens (including phenoxy) is 2. The Balaban J connectivity index is 1.60. The lowest BCUT2D eigenvalue weighted by Crippen LogP contribution is -2.47. The molecule has 3 N–H and O–H groups in total. The van der Waals surface area contributed by atoms with Crippen LogP contribution in [0, 0.1) is 0 Å². The monoisotopic (exact) mass is 384 g/mol. The van der Waals surface area contributed by atoms with E-state index >= 15 is 0 Å². The van der Waals surface area contributed by atoms with Crippen molar-refractivity contribution in [3.05, 3.63) is 53.9 Å². The number of nitrogens with one attached hydrogen (secondary N) is 1. The lowest BCUT2D eigenvalue weighted by molar-refractivity contribution is 0.0900. The van der Waals surface area contributed by atoms with Crippen LogP contribution in [0.4, 0.5) is 0 Å². The van der Waals surface area contributed by atoms with Gasteiger partial charge in [-0.1, -0.05) is 6.07 Å². The summed E-state index contributed by atoms with van der Waals surface area (Å²) in [5, 5.41) is 3.15. The van der Waals surface area contributed by atoms with Crippen LogP contribution in [-0.4, -0.2) is 55.2 Å². The number of aromatic nitrogens is 1. The minimum Gasteiger partial charge on any atom is -0.493 e. The van der Waals surface area contributed by atoms with Gasteiger partial charge in [-0.25, -0.2) is 0 Å². The number of hydrogen-bond acceptors (Lipinski definition) is 6. The number of pyridine rings is 1. The Hall–Kier alpha value is -2.64. The first-order valence-corrected chi connectivity index (χ1v) is 9.62. The molecule has 3 rings (SSSR count). The lowest BCUT2D eigenvalue weighted by atomic mass is 10.0. The maximum atomic E-state index is 12.7. The largest absolute Gasteiger partial charge is 0.493 e. The van der Waals surface area contributed by atoms with Gasteiger partial charge >= 0.3 is 0 Å². The highest BCUT2D eigenvalue weighted by Gasteiger charge is 2.22. The molecule has 1 aliphatic rings. The van der Waals surface area contributed by atoms with E-state index in [0.29, 0.717) is 30.2 Å². The maximum absolute atomic E-state index is 12.7. The number of amides is 1. The quantitative estimate of drug-likeness (QED) is 0.722. The van der Waals surface area contributed by atoms with Gasteiger partial charge in [0.1, 0.15) is 6.61 Å². The summed E-state index contributed by atoms with van der Waals surface area (Å²) in [6.45, 7) is 3.47. The van der Waals surface area contributed by atoms with Crippen molar-refractivity contribution in [2.75, 3.05) is 33.4 Å². The van der Waals surface area contributed by atoms with Crippen LogP contribution in [0.15, 0.2) is 42.7 Å². The molecule has 7 heteroatoms. The zero-order chi connectivity index (χ0) is 19.8. The number of rotatable bonds is 8. The Morgan fingerprint density at radius 3 is 3.00 bits per heavy atom. The molecule has 0 aliphatic carbocycles. The fourth-order valence-corrected chi connectivity index (χ4v) is 3.44. The molecule has 1 aromatic heterocycles. The number of nitrogens with zero attached hydrogens (tertiary/aromatic N) is 2. The van der Waals surface area contributed by atoms with E-state index in [1.165, 1.54) is 5.56 Å². The summed E-state index contributed by atoms with van der Waals surface area (Å²) in [7, 11) is 1.57. The Labute approximate surface area is 165 Å². The van der Waals surface area contributed by atoms with E-state index < -0.39 is 0 Å². The summed E-state index contributed by atoms with van der Waals surface area (Å²) in [6, 6.07) is 9.35. The SMILES string of the molecule is COc1ccc(C(=O)NC2CCCN(Cc3cccnc3)C2)cc1OCCN. The van der Waals surface area contributed by atoms with Gasteiger partial charge in [-0.05, 0) is 49.2 Å². The van der Waals surface area contributed by atoms with Crippen molar-refractivity contribution in [3.63, 3.8) is 0 Å². The van der Waals surface area contributed by atoms with Gasteiger partial charge in [-0.2, -0.15) is 0 Å². The molecular weight excluding hydrogens is 356 g/mol. The third-order valence-electron chi connectivity index (χ3n) is 4.77. The standard InChI is InChI=1S/C21H28N4O3/c1-27-19-7-6-17(12-20(19)28-11-8-22)21(26)24-18-5-3-10-25(15-18)14-16-4-2-9-23-13-16/h2,4,6-7,9,12-13,18H,3,5,8,10-11,14-15,22H2,1H3,(H,24,26). The van der Waals surface area contributed by atoms with Crippen LogP contribution in [0.3, 0.4) is 0 Å². The summed E-state index contributed by atoms with van der Waals surface area (Å²) in [5.74, 6) is 1.02. The highest BCUT2D eigenvalue weighted by Crippen LogP contribution is 2.28. The topological polar surface area (TPSA) is 89.7 Å². The average molecular weight is 384 g/mol. The van der Waals surface area contributed by atoms with E-state index in [-0.39, 0.29) is 11.9 Å². The van der Waals surface area contributed by atoms with Crippen molar-refractivity contribution in [1.82, 2.24) is 15.2 Å². The second kappa shape index (κ2) is 10.1. The highest BCUT2D eigenvalue weighted by atomic mass is 16.5. The number of piperidine rings is 1. The van der Waals surface area contributed by atoms with Crippen molar-refractivity contribution in [3.8, 4) is 11.5 Å². The minimum absolute atomic E-state index is 0.103. The molecule has 2 aromatic rings. The summed E-state index contributed by atoms with van der Waals surface area (Å²) in [4.78, 5) is 19.3. The van der Waals surface area contributed by atoms with Gasteiger partial charge in [0.15, 0.2) is 11.5 Å². The molecule has 0 saturated carbocycles. The van der Waals surface area contributed by atoms with Crippen LogP contribution in [0.25, 0.3) is 0 Å². The van der Waals surface area contributed by atoms with Gasteiger partial charge in [0.2, 0.25) is 0 Å². The maximum Gasteiger partial charge on any atom is 0.251 e. The van der Waals surface area contributed by atoms with Gasteiger partial charge in [0.25, 0.3) is 5.91 Å². The van der Waals surface area contributed by atoms with Crippen molar-refractivity contribution < 1.29 is 14.3 Å². The first-order chi connectivity index (χ1) is 13.7. The average Bonchev–Trinajstić information content (AvgIpc) is 2.73. The Morgan fingerprint density at radius 2 is 2.25 bits per heavy atom. The molecule has 1 aromatic carbocycles. The number of carbonyl (C=O) groups is 1. The van der Waals surface area contributed by atoms with Crippen LogP contribution in [-0.2, 0) is 6.54 Å². The summed E-state index contributed by atoms with van der Waals surface area (Å²) >= 11 is 0. The van der Waals surface area contributed by atoms with Crippen LogP contribution in [0.1, 0.15) is 28.8 Å². The Morgan fingerprint density at radius 1 is 1.36 bits per heavy atom. The molecule has 0 spiro atoms. The fraction of sp³-hybridized carbons (Fsp3) is 0.429. The molecule has 2 heterocycles. The van der Waals surface area contributed by atoms with E-state index in [9.17, 15) is 4.79 Å². The van der Waals surface area contributed by atoms with E-state index in [1.807, 2.05) is 12.3 Å². The minimum atomic E-state index is -0.103. The number of hydrogen-bond donors (Lipinski definition) is 2. The van der Waals surface area contributed by atoms with E-state index in [4.69, 9.17) is 15.2 Å². The molecule has 1 amide bonds. The normalized spacial score (nSPS) is 17.1. The number of benzene rings is 1. The Kier molecular flexibility index (Phi) is 7.22. The second-order valence-electron chi connectivity index (χ2n) is 6.91. The summed E-state index contributed by atoms with van der Waals surface area (Å²) < 4.78 is 10.9. The second-order valence-corrected chi connectivity index (χ2v) is 6.91. The third kappa shape index (κ3) is 5.43. The molecule has 0 bridgehead atoms. The molecule has 1 aliphatic heterocycles. The molecule has 0 radical (unpaired) electrons. The molecule has 1 saturated heterocycles. The predicted octanol–water partition coefficient (Wildman–Crippen LogP) is 1.82. The van der Waals surface area contributed by atoms with E-state index in [0.717, 1.165) is 32.5 Å². The van der Waals surface area contributed by atoms with Gasteiger partial charge in [-0.3, -0.25) is 14.7 Å². The predicted molar refractivity (Wildman–Crippen MR) is 108 cm³/mol. The molecule has 1 unspecified atom stereocenters. The summed E-state index contributed by atoms with van der Waals surface area (Å²) in [5.41, 5.74) is 7.24.